The maximum Gasteiger partial charge on any atom is 0.252 e. The van der Waals surface area contributed by atoms with Gasteiger partial charge in [-0.1, -0.05) is 13.8 Å². The van der Waals surface area contributed by atoms with E-state index in [2.05, 4.69) is 5.32 Å². The van der Waals surface area contributed by atoms with Crippen molar-refractivity contribution < 1.29 is 4.79 Å². The van der Waals surface area contributed by atoms with Gasteiger partial charge in [0.25, 0.3) is 5.91 Å². The smallest absolute Gasteiger partial charge is 0.252 e. The first-order valence-electron chi connectivity index (χ1n) is 4.15. The van der Waals surface area contributed by atoms with Gasteiger partial charge in [-0.15, -0.1) is 11.3 Å². The van der Waals surface area contributed by atoms with Gasteiger partial charge in [-0.3, -0.25) is 4.79 Å². The Morgan fingerprint density at radius 1 is 1.50 bits per heavy atom. The molecule has 0 aliphatic carbocycles. The molecule has 1 aliphatic rings. The minimum absolute atomic E-state index is 0.0827. The monoisotopic (exact) mass is 183 g/mol. The minimum Gasteiger partial charge on any atom is -0.347 e. The second-order valence-electron chi connectivity index (χ2n) is 2.38. The second-order valence-corrected chi connectivity index (χ2v) is 3.72. The number of carbonyl (C=O) groups is 1. The van der Waals surface area contributed by atoms with Gasteiger partial charge in [0.15, 0.2) is 0 Å². The zero-order chi connectivity index (χ0) is 9.14. The molecule has 1 aromatic rings. The highest BCUT2D eigenvalue weighted by Gasteiger charge is 2.20. The lowest BCUT2D eigenvalue weighted by Gasteiger charge is -1.86. The van der Waals surface area contributed by atoms with Crippen molar-refractivity contribution in [2.75, 3.05) is 0 Å². The molecule has 2 nitrogen and oxygen atoms in total. The van der Waals surface area contributed by atoms with E-state index >= 15 is 0 Å². The van der Waals surface area contributed by atoms with Gasteiger partial charge in [-0.2, -0.15) is 0 Å². The summed E-state index contributed by atoms with van der Waals surface area (Å²) in [6, 6.07) is 1.95. The standard InChI is InChI=1S/C7H7NOS.C2H6/c1-4-2-5-6(10-4)3-8-7(5)9;1-2/h2H,3H2,1H3,(H,8,9);1-2H3. The van der Waals surface area contributed by atoms with Crippen molar-refractivity contribution >= 4 is 17.2 Å². The summed E-state index contributed by atoms with van der Waals surface area (Å²) in [5.74, 6) is 0.0827. The number of thiophene rings is 1. The first kappa shape index (κ1) is 9.26. The van der Waals surface area contributed by atoms with E-state index in [1.165, 1.54) is 9.75 Å². The molecule has 0 aromatic carbocycles. The number of carbonyl (C=O) groups excluding carboxylic acids is 1. The van der Waals surface area contributed by atoms with Crippen LogP contribution in [-0.4, -0.2) is 5.91 Å². The van der Waals surface area contributed by atoms with E-state index in [4.69, 9.17) is 0 Å². The van der Waals surface area contributed by atoms with Crippen LogP contribution in [0.1, 0.15) is 34.0 Å². The molecule has 1 aromatic heterocycles. The Morgan fingerprint density at radius 2 is 2.17 bits per heavy atom. The Bertz CT molecular complexity index is 291. The van der Waals surface area contributed by atoms with Gasteiger partial charge in [-0.25, -0.2) is 0 Å². The molecule has 0 saturated carbocycles. The molecular formula is C9H13NOS. The van der Waals surface area contributed by atoms with Crippen LogP contribution in [-0.2, 0) is 6.54 Å². The van der Waals surface area contributed by atoms with Crippen molar-refractivity contribution in [2.45, 2.75) is 27.3 Å². The van der Waals surface area contributed by atoms with Crippen molar-refractivity contribution in [1.29, 1.82) is 0 Å². The second kappa shape index (κ2) is 3.72. The molecular weight excluding hydrogens is 170 g/mol. The Kier molecular flexibility index (Phi) is 2.87. The average Bonchev–Trinajstić information content (AvgIpc) is 2.58. The van der Waals surface area contributed by atoms with Crippen LogP contribution in [0.3, 0.4) is 0 Å². The maximum atomic E-state index is 11.0. The summed E-state index contributed by atoms with van der Waals surface area (Å²) >= 11 is 1.70. The predicted octanol–water partition coefficient (Wildman–Crippen LogP) is 2.33. The molecule has 2 rings (SSSR count). The van der Waals surface area contributed by atoms with Crippen molar-refractivity contribution in [3.8, 4) is 0 Å². The van der Waals surface area contributed by atoms with Crippen LogP contribution in [0, 0.1) is 6.92 Å². The van der Waals surface area contributed by atoms with Crippen LogP contribution in [0.4, 0.5) is 0 Å². The van der Waals surface area contributed by atoms with Crippen LogP contribution < -0.4 is 5.32 Å². The van der Waals surface area contributed by atoms with Gasteiger partial charge in [0.2, 0.25) is 0 Å². The van der Waals surface area contributed by atoms with Gasteiger partial charge in [0.1, 0.15) is 0 Å². The molecule has 2 heterocycles. The average molecular weight is 183 g/mol. The van der Waals surface area contributed by atoms with Crippen molar-refractivity contribution in [1.82, 2.24) is 5.32 Å². The van der Waals surface area contributed by atoms with Crippen molar-refractivity contribution in [3.05, 3.63) is 21.4 Å². The Labute approximate surface area is 76.6 Å². The van der Waals surface area contributed by atoms with E-state index in [1.54, 1.807) is 11.3 Å². The van der Waals surface area contributed by atoms with E-state index in [0.29, 0.717) is 0 Å². The van der Waals surface area contributed by atoms with E-state index in [9.17, 15) is 4.79 Å². The van der Waals surface area contributed by atoms with E-state index in [-0.39, 0.29) is 5.91 Å². The number of nitrogens with one attached hydrogen (secondary N) is 1. The molecule has 1 N–H and O–H groups in total. The molecule has 0 fully saturated rings. The molecule has 0 bridgehead atoms. The van der Waals surface area contributed by atoms with Gasteiger partial charge in [0, 0.05) is 9.75 Å². The van der Waals surface area contributed by atoms with Crippen molar-refractivity contribution in [2.24, 2.45) is 0 Å². The fourth-order valence-electron chi connectivity index (χ4n) is 1.14. The number of hydrogen-bond donors (Lipinski definition) is 1. The van der Waals surface area contributed by atoms with E-state index < -0.39 is 0 Å². The SMILES string of the molecule is CC.Cc1cc2c(s1)CNC2=O. The highest BCUT2D eigenvalue weighted by atomic mass is 32.1. The molecule has 3 heteroatoms. The number of fused-ring (bicyclic) bond motifs is 1. The van der Waals surface area contributed by atoms with Gasteiger partial charge >= 0.3 is 0 Å². The van der Waals surface area contributed by atoms with Gasteiger partial charge in [0.05, 0.1) is 12.1 Å². The third-order valence-corrected chi connectivity index (χ3v) is 2.64. The number of amides is 1. The molecule has 1 aliphatic heterocycles. The van der Waals surface area contributed by atoms with Crippen molar-refractivity contribution in [3.63, 3.8) is 0 Å². The topological polar surface area (TPSA) is 29.1 Å². The number of hydrogen-bond acceptors (Lipinski definition) is 2. The summed E-state index contributed by atoms with van der Waals surface area (Å²) in [5.41, 5.74) is 0.877. The molecule has 66 valence electrons. The summed E-state index contributed by atoms with van der Waals surface area (Å²) in [4.78, 5) is 13.4. The van der Waals surface area contributed by atoms with Crippen LogP contribution in [0.25, 0.3) is 0 Å². The summed E-state index contributed by atoms with van der Waals surface area (Å²) in [7, 11) is 0. The molecule has 0 spiro atoms. The fraction of sp³-hybridized carbons (Fsp3) is 0.444. The fourth-order valence-corrected chi connectivity index (χ4v) is 2.11. The van der Waals surface area contributed by atoms with Gasteiger partial charge < -0.3 is 5.32 Å². The van der Waals surface area contributed by atoms with Crippen LogP contribution in [0.2, 0.25) is 0 Å². The predicted molar refractivity (Wildman–Crippen MR) is 51.6 cm³/mol. The molecule has 0 radical (unpaired) electrons. The molecule has 0 saturated heterocycles. The van der Waals surface area contributed by atoms with Crippen LogP contribution >= 0.6 is 11.3 Å². The largest absolute Gasteiger partial charge is 0.347 e. The highest BCUT2D eigenvalue weighted by molar-refractivity contribution is 7.12. The summed E-state index contributed by atoms with van der Waals surface area (Å²) in [6.45, 7) is 6.75. The minimum atomic E-state index is 0.0827. The van der Waals surface area contributed by atoms with Gasteiger partial charge in [-0.05, 0) is 13.0 Å². The van der Waals surface area contributed by atoms with Crippen LogP contribution in [0.5, 0.6) is 0 Å². The summed E-state index contributed by atoms with van der Waals surface area (Å²) in [5, 5.41) is 2.76. The summed E-state index contributed by atoms with van der Waals surface area (Å²) < 4.78 is 0. The molecule has 12 heavy (non-hydrogen) atoms. The molecule has 0 atom stereocenters. The highest BCUT2D eigenvalue weighted by Crippen LogP contribution is 2.25. The normalized spacial score (nSPS) is 13.1. The number of rotatable bonds is 0. The zero-order valence-electron chi connectivity index (χ0n) is 7.60. The lowest BCUT2D eigenvalue weighted by atomic mass is 10.3. The summed E-state index contributed by atoms with van der Waals surface area (Å²) in [6.07, 6.45) is 0. The first-order valence-corrected chi connectivity index (χ1v) is 4.96. The number of aryl methyl sites for hydroxylation is 1. The first-order chi connectivity index (χ1) is 5.77. The quantitative estimate of drug-likeness (QED) is 0.657. The molecule has 1 amide bonds. The lowest BCUT2D eigenvalue weighted by molar-refractivity contribution is 0.0965. The lowest BCUT2D eigenvalue weighted by Crippen LogP contribution is -2.12. The zero-order valence-corrected chi connectivity index (χ0v) is 8.42. The Balaban J connectivity index is 0.000000336. The molecule has 0 unspecified atom stereocenters. The van der Waals surface area contributed by atoms with Crippen LogP contribution in [0.15, 0.2) is 6.07 Å². The Hall–Kier alpha value is -0.830. The Morgan fingerprint density at radius 3 is 2.75 bits per heavy atom. The van der Waals surface area contributed by atoms with E-state index in [0.717, 1.165) is 12.1 Å². The maximum absolute atomic E-state index is 11.0. The van der Waals surface area contributed by atoms with E-state index in [1.807, 2.05) is 26.8 Å². The third kappa shape index (κ3) is 1.50. The third-order valence-electron chi connectivity index (χ3n) is 1.59.